The molecule has 1 atom stereocenters. The molecule has 1 saturated heterocycles. The highest BCUT2D eigenvalue weighted by Gasteiger charge is 2.39. The number of esters is 1. The molecule has 0 aliphatic carbocycles. The average Bonchev–Trinajstić information content (AvgIpc) is 2.36. The molecule has 0 bridgehead atoms. The average molecular weight is 269 g/mol. The van der Waals surface area contributed by atoms with E-state index in [4.69, 9.17) is 4.74 Å². The fraction of sp³-hybridized carbons (Fsp3) is 0.786. The number of piperidine rings is 1. The van der Waals surface area contributed by atoms with Gasteiger partial charge >= 0.3 is 5.97 Å². The van der Waals surface area contributed by atoms with Crippen molar-refractivity contribution in [1.29, 1.82) is 0 Å². The van der Waals surface area contributed by atoms with E-state index in [0.717, 1.165) is 12.8 Å². The number of carbonyl (C=O) groups excluding carboxylic acids is 3. The van der Waals surface area contributed by atoms with Crippen molar-refractivity contribution >= 4 is 17.7 Å². The van der Waals surface area contributed by atoms with Crippen molar-refractivity contribution in [2.45, 2.75) is 53.0 Å². The first-order valence-electron chi connectivity index (χ1n) is 6.81. The van der Waals surface area contributed by atoms with Gasteiger partial charge in [-0.3, -0.25) is 9.59 Å². The Morgan fingerprint density at radius 2 is 1.84 bits per heavy atom. The first-order chi connectivity index (χ1) is 8.79. The van der Waals surface area contributed by atoms with E-state index in [1.165, 1.54) is 4.90 Å². The lowest BCUT2D eigenvalue weighted by Crippen LogP contribution is -2.52. The van der Waals surface area contributed by atoms with Crippen molar-refractivity contribution in [3.05, 3.63) is 0 Å². The third-order valence-corrected chi connectivity index (χ3v) is 3.20. The molecule has 1 heterocycles. The van der Waals surface area contributed by atoms with E-state index in [9.17, 15) is 14.4 Å². The van der Waals surface area contributed by atoms with Gasteiger partial charge in [0.05, 0.1) is 6.61 Å². The van der Waals surface area contributed by atoms with Crippen LogP contribution in [0.3, 0.4) is 0 Å². The van der Waals surface area contributed by atoms with Gasteiger partial charge in [0.25, 0.3) is 5.91 Å². The third-order valence-electron chi connectivity index (χ3n) is 3.20. The van der Waals surface area contributed by atoms with E-state index in [1.54, 1.807) is 27.7 Å². The van der Waals surface area contributed by atoms with Crippen molar-refractivity contribution < 1.29 is 19.1 Å². The van der Waals surface area contributed by atoms with Crippen LogP contribution in [0.1, 0.15) is 47.0 Å². The molecule has 0 unspecified atom stereocenters. The maximum atomic E-state index is 12.2. The normalized spacial score (nSPS) is 20.0. The molecule has 19 heavy (non-hydrogen) atoms. The molecule has 1 fully saturated rings. The largest absolute Gasteiger partial charge is 0.464 e. The SMILES string of the molecule is CCOC(=O)[C@@H]1CCCCN1C(=O)C(=O)C(C)(C)C. The van der Waals surface area contributed by atoms with E-state index < -0.39 is 29.1 Å². The molecule has 0 spiro atoms. The third kappa shape index (κ3) is 3.78. The van der Waals surface area contributed by atoms with Gasteiger partial charge in [-0.1, -0.05) is 20.8 Å². The Labute approximate surface area is 114 Å². The zero-order valence-electron chi connectivity index (χ0n) is 12.2. The standard InChI is InChI=1S/C14H23NO4/c1-5-19-13(18)10-8-6-7-9-15(10)12(17)11(16)14(2,3)4/h10H,5-9H2,1-4H3/t10-/m0/s1. The minimum Gasteiger partial charge on any atom is -0.464 e. The fourth-order valence-corrected chi connectivity index (χ4v) is 2.11. The molecule has 5 nitrogen and oxygen atoms in total. The number of carbonyl (C=O) groups is 3. The number of amides is 1. The van der Waals surface area contributed by atoms with E-state index in [-0.39, 0.29) is 6.61 Å². The van der Waals surface area contributed by atoms with Gasteiger partial charge in [-0.05, 0) is 26.2 Å². The van der Waals surface area contributed by atoms with Crippen molar-refractivity contribution in [1.82, 2.24) is 4.90 Å². The predicted octanol–water partition coefficient (Wildman–Crippen LogP) is 1.55. The zero-order valence-corrected chi connectivity index (χ0v) is 12.2. The lowest BCUT2D eigenvalue weighted by Gasteiger charge is -2.34. The van der Waals surface area contributed by atoms with Crippen LogP contribution in [0.5, 0.6) is 0 Å². The second kappa shape index (κ2) is 6.17. The van der Waals surface area contributed by atoms with Crippen LogP contribution in [-0.2, 0) is 19.1 Å². The highest BCUT2D eigenvalue weighted by molar-refractivity contribution is 6.38. The molecule has 0 aromatic rings. The summed E-state index contributed by atoms with van der Waals surface area (Å²) in [4.78, 5) is 37.5. The van der Waals surface area contributed by atoms with E-state index >= 15 is 0 Å². The van der Waals surface area contributed by atoms with Gasteiger partial charge in [-0.25, -0.2) is 4.79 Å². The van der Waals surface area contributed by atoms with Crippen molar-refractivity contribution in [2.24, 2.45) is 5.41 Å². The maximum Gasteiger partial charge on any atom is 0.328 e. The molecular formula is C14H23NO4. The molecule has 0 N–H and O–H groups in total. The second-order valence-corrected chi connectivity index (χ2v) is 5.84. The van der Waals surface area contributed by atoms with Gasteiger partial charge in [0.15, 0.2) is 0 Å². The summed E-state index contributed by atoms with van der Waals surface area (Å²) in [6, 6.07) is -0.604. The Morgan fingerprint density at radius 1 is 1.21 bits per heavy atom. The molecule has 0 aromatic heterocycles. The Morgan fingerprint density at radius 3 is 2.37 bits per heavy atom. The molecule has 5 heteroatoms. The monoisotopic (exact) mass is 269 g/mol. The minimum absolute atomic E-state index is 0.282. The molecule has 1 rings (SSSR count). The Hall–Kier alpha value is -1.39. The van der Waals surface area contributed by atoms with Gasteiger partial charge in [-0.2, -0.15) is 0 Å². The number of likely N-dealkylation sites (tertiary alicyclic amines) is 1. The smallest absolute Gasteiger partial charge is 0.328 e. The number of hydrogen-bond acceptors (Lipinski definition) is 4. The van der Waals surface area contributed by atoms with Gasteiger partial charge < -0.3 is 9.64 Å². The molecule has 1 aliphatic rings. The van der Waals surface area contributed by atoms with Crippen molar-refractivity contribution in [2.75, 3.05) is 13.2 Å². The summed E-state index contributed by atoms with van der Waals surface area (Å²) in [5, 5.41) is 0. The van der Waals surface area contributed by atoms with Crippen LogP contribution < -0.4 is 0 Å². The van der Waals surface area contributed by atoms with E-state index in [0.29, 0.717) is 13.0 Å². The maximum absolute atomic E-state index is 12.2. The molecule has 0 radical (unpaired) electrons. The summed E-state index contributed by atoms with van der Waals surface area (Å²) in [6.45, 7) is 7.57. The lowest BCUT2D eigenvalue weighted by atomic mass is 9.89. The summed E-state index contributed by atoms with van der Waals surface area (Å²) >= 11 is 0. The van der Waals surface area contributed by atoms with Crippen LogP contribution in [0.2, 0.25) is 0 Å². The number of ether oxygens (including phenoxy) is 1. The Bertz CT molecular complexity index is 370. The van der Waals surface area contributed by atoms with Gasteiger partial charge in [0, 0.05) is 12.0 Å². The molecule has 1 aliphatic heterocycles. The predicted molar refractivity (Wildman–Crippen MR) is 70.4 cm³/mol. The molecular weight excluding hydrogens is 246 g/mol. The Balaban J connectivity index is 2.85. The van der Waals surface area contributed by atoms with Gasteiger partial charge in [0.1, 0.15) is 6.04 Å². The first kappa shape index (κ1) is 15.7. The summed E-state index contributed by atoms with van der Waals surface area (Å²) in [5.41, 5.74) is -0.728. The number of ketones is 1. The number of nitrogens with zero attached hydrogens (tertiary/aromatic N) is 1. The summed E-state index contributed by atoms with van der Waals surface area (Å²) < 4.78 is 4.98. The van der Waals surface area contributed by atoms with E-state index in [2.05, 4.69) is 0 Å². The Kier molecular flexibility index (Phi) is 5.09. The number of hydrogen-bond donors (Lipinski definition) is 0. The van der Waals surface area contributed by atoms with Gasteiger partial charge in [0.2, 0.25) is 5.78 Å². The summed E-state index contributed by atoms with van der Waals surface area (Å²) in [7, 11) is 0. The fourth-order valence-electron chi connectivity index (χ4n) is 2.11. The van der Waals surface area contributed by atoms with Crippen LogP contribution in [0, 0.1) is 5.41 Å². The second-order valence-electron chi connectivity index (χ2n) is 5.84. The van der Waals surface area contributed by atoms with Crippen LogP contribution in [0.15, 0.2) is 0 Å². The molecule has 0 aromatic carbocycles. The van der Waals surface area contributed by atoms with Crippen molar-refractivity contribution in [3.8, 4) is 0 Å². The topological polar surface area (TPSA) is 63.7 Å². The first-order valence-corrected chi connectivity index (χ1v) is 6.81. The molecule has 1 amide bonds. The molecule has 0 saturated carbocycles. The zero-order chi connectivity index (χ0) is 14.6. The van der Waals surface area contributed by atoms with Crippen LogP contribution >= 0.6 is 0 Å². The lowest BCUT2D eigenvalue weighted by molar-refractivity contribution is -0.160. The van der Waals surface area contributed by atoms with Crippen molar-refractivity contribution in [3.63, 3.8) is 0 Å². The highest BCUT2D eigenvalue weighted by atomic mass is 16.5. The number of Topliss-reactive ketones (excluding diaryl/α,β-unsaturated/α-hetero) is 1. The number of rotatable bonds is 3. The quantitative estimate of drug-likeness (QED) is 0.576. The summed E-state index contributed by atoms with van der Waals surface area (Å²) in [5.74, 6) is -1.42. The van der Waals surface area contributed by atoms with E-state index in [1.807, 2.05) is 0 Å². The van der Waals surface area contributed by atoms with Crippen LogP contribution in [0.4, 0.5) is 0 Å². The van der Waals surface area contributed by atoms with Crippen LogP contribution in [-0.4, -0.2) is 41.8 Å². The van der Waals surface area contributed by atoms with Crippen LogP contribution in [0.25, 0.3) is 0 Å². The highest BCUT2D eigenvalue weighted by Crippen LogP contribution is 2.22. The van der Waals surface area contributed by atoms with Gasteiger partial charge in [-0.15, -0.1) is 0 Å². The minimum atomic E-state index is -0.728. The molecule has 108 valence electrons. The summed E-state index contributed by atoms with van der Waals surface area (Å²) in [6.07, 6.45) is 2.26.